The molecule has 0 saturated carbocycles. The van der Waals surface area contributed by atoms with Gasteiger partial charge in [-0.3, -0.25) is 9.59 Å². The summed E-state index contributed by atoms with van der Waals surface area (Å²) in [5.41, 5.74) is 11.6. The summed E-state index contributed by atoms with van der Waals surface area (Å²) in [6.45, 7) is 3.86. The molecule has 24 heavy (non-hydrogen) atoms. The van der Waals surface area contributed by atoms with Crippen LogP contribution in [0.3, 0.4) is 0 Å². The Bertz CT molecular complexity index is 629. The van der Waals surface area contributed by atoms with Crippen LogP contribution in [0.5, 0.6) is 0 Å². The Kier molecular flexibility index (Phi) is 6.94. The zero-order chi connectivity index (χ0) is 18.5. The van der Waals surface area contributed by atoms with Gasteiger partial charge in [-0.05, 0) is 37.1 Å². The number of ketones is 1. The molecule has 0 fully saturated rings. The number of thioether (sulfide) groups is 1. The molecule has 1 aromatic rings. The summed E-state index contributed by atoms with van der Waals surface area (Å²) in [6, 6.07) is 4.41. The third-order valence-electron chi connectivity index (χ3n) is 3.38. The topological polar surface area (TPSA) is 133 Å². The lowest BCUT2D eigenvalue weighted by Gasteiger charge is -2.27. The zero-order valence-electron chi connectivity index (χ0n) is 13.9. The molecule has 0 aliphatic carbocycles. The number of nitrogens with two attached hydrogens (primary N) is 2. The SMILES string of the molecule is COC(=O)[C@@](N)(CSc1cc(C)cc(C)c1)C(=O)[C@@H](N)CC(=O)O. The summed E-state index contributed by atoms with van der Waals surface area (Å²) < 4.78 is 4.63. The fourth-order valence-electron chi connectivity index (χ4n) is 2.24. The van der Waals surface area contributed by atoms with Gasteiger partial charge in [0, 0.05) is 10.6 Å². The summed E-state index contributed by atoms with van der Waals surface area (Å²) in [7, 11) is 1.11. The highest BCUT2D eigenvalue weighted by atomic mass is 32.2. The molecule has 0 spiro atoms. The minimum atomic E-state index is -2.01. The Balaban J connectivity index is 3.01. The van der Waals surface area contributed by atoms with Crippen LogP contribution < -0.4 is 11.5 Å². The molecule has 0 aliphatic heterocycles. The van der Waals surface area contributed by atoms with Crippen LogP contribution >= 0.6 is 11.8 Å². The molecule has 0 amide bonds. The first-order valence-electron chi connectivity index (χ1n) is 7.20. The molecule has 1 rings (SSSR count). The fraction of sp³-hybridized carbons (Fsp3) is 0.438. The van der Waals surface area contributed by atoms with Gasteiger partial charge in [-0.15, -0.1) is 11.8 Å². The lowest BCUT2D eigenvalue weighted by molar-refractivity contribution is -0.151. The monoisotopic (exact) mass is 354 g/mol. The number of aliphatic carboxylic acids is 1. The second kappa shape index (κ2) is 8.27. The number of Topliss-reactive ketones (excluding diaryl/α,β-unsaturated/α-hetero) is 1. The number of aryl methyl sites for hydroxylation is 2. The van der Waals surface area contributed by atoms with Crippen molar-refractivity contribution in [2.24, 2.45) is 11.5 Å². The lowest BCUT2D eigenvalue weighted by atomic mass is 9.91. The predicted molar refractivity (Wildman–Crippen MR) is 90.8 cm³/mol. The Morgan fingerprint density at radius 1 is 1.25 bits per heavy atom. The second-order valence-electron chi connectivity index (χ2n) is 5.64. The lowest BCUT2D eigenvalue weighted by Crippen LogP contribution is -2.62. The van der Waals surface area contributed by atoms with Gasteiger partial charge < -0.3 is 21.3 Å². The average Bonchev–Trinajstić information content (AvgIpc) is 2.49. The van der Waals surface area contributed by atoms with Crippen molar-refractivity contribution in [2.75, 3.05) is 12.9 Å². The zero-order valence-corrected chi connectivity index (χ0v) is 14.7. The van der Waals surface area contributed by atoms with Gasteiger partial charge in [-0.2, -0.15) is 0 Å². The average molecular weight is 354 g/mol. The molecule has 0 aromatic heterocycles. The van der Waals surface area contributed by atoms with Crippen LogP contribution in [0.2, 0.25) is 0 Å². The Morgan fingerprint density at radius 2 is 1.79 bits per heavy atom. The van der Waals surface area contributed by atoms with Crippen LogP contribution in [0.4, 0.5) is 0 Å². The summed E-state index contributed by atoms with van der Waals surface area (Å²) in [6.07, 6.45) is -0.608. The van der Waals surface area contributed by atoms with Crippen molar-refractivity contribution in [3.8, 4) is 0 Å². The molecule has 5 N–H and O–H groups in total. The van der Waals surface area contributed by atoms with E-state index in [1.807, 2.05) is 32.0 Å². The van der Waals surface area contributed by atoms with Crippen LogP contribution in [0.25, 0.3) is 0 Å². The maximum atomic E-state index is 12.4. The first kappa shape index (κ1) is 20.1. The van der Waals surface area contributed by atoms with Crippen LogP contribution in [0, 0.1) is 13.8 Å². The first-order chi connectivity index (χ1) is 11.1. The molecule has 132 valence electrons. The van der Waals surface area contributed by atoms with E-state index in [4.69, 9.17) is 16.6 Å². The van der Waals surface area contributed by atoms with Gasteiger partial charge in [0.25, 0.3) is 0 Å². The normalized spacial score (nSPS) is 14.5. The number of carbonyl (C=O) groups excluding carboxylic acids is 2. The second-order valence-corrected chi connectivity index (χ2v) is 6.69. The molecule has 2 atom stereocenters. The van der Waals surface area contributed by atoms with Crippen molar-refractivity contribution in [3.63, 3.8) is 0 Å². The smallest absolute Gasteiger partial charge is 0.334 e. The van der Waals surface area contributed by atoms with Crippen LogP contribution in [-0.2, 0) is 19.1 Å². The quantitative estimate of drug-likeness (QED) is 0.352. The number of rotatable bonds is 8. The minimum Gasteiger partial charge on any atom is -0.481 e. The molecule has 0 aliphatic rings. The van der Waals surface area contributed by atoms with Crippen molar-refractivity contribution in [1.29, 1.82) is 0 Å². The third-order valence-corrected chi connectivity index (χ3v) is 4.55. The number of esters is 1. The van der Waals surface area contributed by atoms with Crippen LogP contribution in [0.1, 0.15) is 17.5 Å². The van der Waals surface area contributed by atoms with Crippen molar-refractivity contribution < 1.29 is 24.2 Å². The Morgan fingerprint density at radius 3 is 2.25 bits per heavy atom. The number of ether oxygens (including phenoxy) is 1. The highest BCUT2D eigenvalue weighted by Gasteiger charge is 2.45. The third kappa shape index (κ3) is 5.05. The standard InChI is InChI=1S/C16H22N2O5S/c1-9-4-10(2)6-11(5-9)24-8-16(18,15(22)23-3)14(21)12(17)7-13(19)20/h4-6,12H,7-8,17-18H2,1-3H3,(H,19,20)/t12-,16+/m0/s1. The van der Waals surface area contributed by atoms with E-state index >= 15 is 0 Å². The fourth-order valence-corrected chi connectivity index (χ4v) is 3.43. The molecule has 0 radical (unpaired) electrons. The molecule has 1 aromatic carbocycles. The van der Waals surface area contributed by atoms with Gasteiger partial charge in [0.15, 0.2) is 11.3 Å². The summed E-state index contributed by atoms with van der Waals surface area (Å²) in [5.74, 6) is -3.14. The van der Waals surface area contributed by atoms with Crippen molar-refractivity contribution in [1.82, 2.24) is 0 Å². The maximum Gasteiger partial charge on any atom is 0.334 e. The maximum absolute atomic E-state index is 12.4. The predicted octanol–water partition coefficient (Wildman–Crippen LogP) is 0.637. The Labute approximate surface area is 144 Å². The van der Waals surface area contributed by atoms with E-state index in [0.717, 1.165) is 23.1 Å². The first-order valence-corrected chi connectivity index (χ1v) is 8.18. The number of carbonyl (C=O) groups is 3. The van der Waals surface area contributed by atoms with E-state index in [-0.39, 0.29) is 5.75 Å². The number of hydrogen-bond donors (Lipinski definition) is 3. The van der Waals surface area contributed by atoms with E-state index < -0.39 is 35.7 Å². The molecule has 7 nitrogen and oxygen atoms in total. The molecule has 0 heterocycles. The highest BCUT2D eigenvalue weighted by Crippen LogP contribution is 2.26. The van der Waals surface area contributed by atoms with E-state index in [1.54, 1.807) is 0 Å². The summed E-state index contributed by atoms with van der Waals surface area (Å²) in [4.78, 5) is 36.0. The molecular formula is C16H22N2O5S. The molecular weight excluding hydrogens is 332 g/mol. The van der Waals surface area contributed by atoms with E-state index in [9.17, 15) is 14.4 Å². The molecule has 0 unspecified atom stereocenters. The van der Waals surface area contributed by atoms with E-state index in [1.165, 1.54) is 11.8 Å². The van der Waals surface area contributed by atoms with Gasteiger partial charge in [0.1, 0.15) is 0 Å². The summed E-state index contributed by atoms with van der Waals surface area (Å²) >= 11 is 1.21. The van der Waals surface area contributed by atoms with Crippen LogP contribution in [-0.4, -0.2) is 47.3 Å². The summed E-state index contributed by atoms with van der Waals surface area (Å²) in [5, 5.41) is 8.77. The van der Waals surface area contributed by atoms with Crippen molar-refractivity contribution >= 4 is 29.5 Å². The van der Waals surface area contributed by atoms with Crippen molar-refractivity contribution in [2.45, 2.75) is 36.7 Å². The van der Waals surface area contributed by atoms with Crippen LogP contribution in [0.15, 0.2) is 23.1 Å². The van der Waals surface area contributed by atoms with Gasteiger partial charge in [0.2, 0.25) is 0 Å². The minimum absolute atomic E-state index is 0.102. The molecule has 0 bridgehead atoms. The van der Waals surface area contributed by atoms with Gasteiger partial charge >= 0.3 is 11.9 Å². The number of hydrogen-bond acceptors (Lipinski definition) is 7. The van der Waals surface area contributed by atoms with Crippen molar-refractivity contribution in [3.05, 3.63) is 29.3 Å². The number of carboxylic acids is 1. The number of methoxy groups -OCH3 is 1. The largest absolute Gasteiger partial charge is 0.481 e. The Hall–Kier alpha value is -1.90. The number of benzene rings is 1. The molecule has 8 heteroatoms. The van der Waals surface area contributed by atoms with Gasteiger partial charge in [-0.25, -0.2) is 4.79 Å². The molecule has 0 saturated heterocycles. The highest BCUT2D eigenvalue weighted by molar-refractivity contribution is 7.99. The van der Waals surface area contributed by atoms with E-state index in [2.05, 4.69) is 4.74 Å². The van der Waals surface area contributed by atoms with Gasteiger partial charge in [0.05, 0.1) is 19.6 Å². The van der Waals surface area contributed by atoms with Gasteiger partial charge in [-0.1, -0.05) is 6.07 Å². The van der Waals surface area contributed by atoms with E-state index in [0.29, 0.717) is 0 Å². The number of carboxylic acid groups (broad SMARTS) is 1.